The van der Waals surface area contributed by atoms with Gasteiger partial charge in [-0.2, -0.15) is 0 Å². The van der Waals surface area contributed by atoms with Crippen molar-refractivity contribution in [2.75, 3.05) is 38.7 Å². The number of benzene rings is 1. The van der Waals surface area contributed by atoms with Crippen molar-refractivity contribution in [2.24, 2.45) is 10.7 Å². The second-order valence-corrected chi connectivity index (χ2v) is 5.78. The van der Waals surface area contributed by atoms with Gasteiger partial charge in [0.25, 0.3) is 0 Å². The number of anilines is 1. The van der Waals surface area contributed by atoms with Crippen LogP contribution in [0, 0.1) is 0 Å². The lowest BCUT2D eigenvalue weighted by Crippen LogP contribution is -2.60. The Morgan fingerprint density at radius 1 is 1.40 bits per heavy atom. The molecule has 1 atom stereocenters. The first kappa shape index (κ1) is 13.2. The largest absolute Gasteiger partial charge is 0.497 e. The second-order valence-electron chi connectivity index (χ2n) is 5.78. The first-order chi connectivity index (χ1) is 9.64. The number of nitrogens with zero attached hydrogens (tertiary/aromatic N) is 3. The van der Waals surface area contributed by atoms with Gasteiger partial charge >= 0.3 is 0 Å². The summed E-state index contributed by atoms with van der Waals surface area (Å²) >= 11 is 0. The molecule has 2 N–H and O–H groups in total. The van der Waals surface area contributed by atoms with Crippen molar-refractivity contribution in [3.63, 3.8) is 0 Å². The van der Waals surface area contributed by atoms with Crippen molar-refractivity contribution in [1.29, 1.82) is 0 Å². The molecular weight excluding hydrogens is 252 g/mol. The molecule has 0 saturated carbocycles. The van der Waals surface area contributed by atoms with Crippen LogP contribution in [0.4, 0.5) is 5.69 Å². The van der Waals surface area contributed by atoms with Gasteiger partial charge in [-0.15, -0.1) is 0 Å². The minimum absolute atomic E-state index is 0.00342. The number of hydrogen-bond donors (Lipinski definition) is 1. The average Bonchev–Trinajstić information content (AvgIpc) is 2.75. The van der Waals surface area contributed by atoms with Crippen LogP contribution in [-0.4, -0.2) is 50.2 Å². The highest BCUT2D eigenvalue weighted by Gasteiger charge is 2.45. The Morgan fingerprint density at radius 2 is 2.25 bits per heavy atom. The fourth-order valence-electron chi connectivity index (χ4n) is 3.42. The number of ether oxygens (including phenoxy) is 1. The molecule has 1 saturated heterocycles. The second kappa shape index (κ2) is 4.98. The quantitative estimate of drug-likeness (QED) is 0.883. The van der Waals surface area contributed by atoms with Crippen LogP contribution in [0.5, 0.6) is 5.75 Å². The van der Waals surface area contributed by atoms with Gasteiger partial charge in [-0.3, -0.25) is 4.99 Å². The van der Waals surface area contributed by atoms with E-state index in [0.717, 1.165) is 37.5 Å². The Kier molecular flexibility index (Phi) is 3.30. The Bertz CT molecular complexity index is 530. The molecule has 0 bridgehead atoms. The summed E-state index contributed by atoms with van der Waals surface area (Å²) in [5.74, 6) is 1.47. The molecule has 0 radical (unpaired) electrons. The van der Waals surface area contributed by atoms with E-state index in [2.05, 4.69) is 27.9 Å². The van der Waals surface area contributed by atoms with E-state index in [0.29, 0.717) is 5.96 Å². The molecule has 1 aromatic rings. The number of likely N-dealkylation sites (N-methyl/N-ethyl adjacent to an activating group) is 1. The maximum Gasteiger partial charge on any atom is 0.196 e. The molecule has 0 amide bonds. The van der Waals surface area contributed by atoms with Crippen LogP contribution in [0.3, 0.4) is 0 Å². The third-order valence-electron chi connectivity index (χ3n) is 4.30. The predicted molar refractivity (Wildman–Crippen MR) is 81.4 cm³/mol. The fraction of sp³-hybridized carbons (Fsp3) is 0.533. The van der Waals surface area contributed by atoms with E-state index in [1.165, 1.54) is 6.42 Å². The van der Waals surface area contributed by atoms with Crippen molar-refractivity contribution in [3.05, 3.63) is 24.3 Å². The standard InChI is InChI=1S/C15H22N4O/c1-18-8-4-7-15(11-18)10-17-14(16)19(15)12-5-3-6-13(9-12)20-2/h3,5-6,9H,4,7-8,10-11H2,1-2H3,(H2,16,17). The first-order valence-electron chi connectivity index (χ1n) is 7.07. The molecule has 3 rings (SSSR count). The van der Waals surface area contributed by atoms with E-state index >= 15 is 0 Å². The topological polar surface area (TPSA) is 54.1 Å². The molecule has 0 aromatic heterocycles. The third kappa shape index (κ3) is 2.12. The molecule has 5 nitrogen and oxygen atoms in total. The summed E-state index contributed by atoms with van der Waals surface area (Å²) in [7, 11) is 3.85. The zero-order valence-corrected chi connectivity index (χ0v) is 12.2. The van der Waals surface area contributed by atoms with Crippen LogP contribution < -0.4 is 15.4 Å². The van der Waals surface area contributed by atoms with Gasteiger partial charge in [0.15, 0.2) is 5.96 Å². The number of methoxy groups -OCH3 is 1. The number of likely N-dealkylation sites (tertiary alicyclic amines) is 1. The zero-order valence-electron chi connectivity index (χ0n) is 12.2. The van der Waals surface area contributed by atoms with Crippen LogP contribution in [0.2, 0.25) is 0 Å². The summed E-state index contributed by atoms with van der Waals surface area (Å²) in [6.45, 7) is 2.92. The highest BCUT2D eigenvalue weighted by atomic mass is 16.5. The summed E-state index contributed by atoms with van der Waals surface area (Å²) in [4.78, 5) is 9.08. The monoisotopic (exact) mass is 274 g/mol. The van der Waals surface area contributed by atoms with E-state index in [-0.39, 0.29) is 5.54 Å². The molecular formula is C15H22N4O. The van der Waals surface area contributed by atoms with E-state index in [1.807, 2.05) is 18.2 Å². The summed E-state index contributed by atoms with van der Waals surface area (Å²) in [5.41, 5.74) is 7.24. The number of nitrogens with two attached hydrogens (primary N) is 1. The predicted octanol–water partition coefficient (Wildman–Crippen LogP) is 1.29. The molecule has 108 valence electrons. The number of piperidine rings is 1. The maximum absolute atomic E-state index is 6.17. The van der Waals surface area contributed by atoms with Gasteiger partial charge in [0.05, 0.1) is 19.2 Å². The van der Waals surface area contributed by atoms with Gasteiger partial charge in [0, 0.05) is 18.3 Å². The van der Waals surface area contributed by atoms with E-state index in [4.69, 9.17) is 10.5 Å². The van der Waals surface area contributed by atoms with Gasteiger partial charge in [0.1, 0.15) is 5.75 Å². The maximum atomic E-state index is 6.17. The minimum Gasteiger partial charge on any atom is -0.497 e. The number of aliphatic imine (C=N–C) groups is 1. The van der Waals surface area contributed by atoms with Crippen LogP contribution in [-0.2, 0) is 0 Å². The molecule has 1 aromatic carbocycles. The highest BCUT2D eigenvalue weighted by molar-refractivity contribution is 5.98. The van der Waals surface area contributed by atoms with Crippen LogP contribution in [0.1, 0.15) is 12.8 Å². The van der Waals surface area contributed by atoms with E-state index in [9.17, 15) is 0 Å². The molecule has 1 fully saturated rings. The number of hydrogen-bond acceptors (Lipinski definition) is 5. The van der Waals surface area contributed by atoms with Crippen LogP contribution in [0.15, 0.2) is 29.3 Å². The van der Waals surface area contributed by atoms with E-state index in [1.54, 1.807) is 7.11 Å². The minimum atomic E-state index is 0.00342. The molecule has 20 heavy (non-hydrogen) atoms. The van der Waals surface area contributed by atoms with E-state index < -0.39 is 0 Å². The van der Waals surface area contributed by atoms with Gasteiger partial charge < -0.3 is 20.3 Å². The molecule has 2 heterocycles. The Hall–Kier alpha value is -1.75. The molecule has 0 aliphatic carbocycles. The number of rotatable bonds is 2. The van der Waals surface area contributed by atoms with Gasteiger partial charge in [-0.1, -0.05) is 6.07 Å². The van der Waals surface area contributed by atoms with Crippen LogP contribution >= 0.6 is 0 Å². The summed E-state index contributed by atoms with van der Waals surface area (Å²) in [6, 6.07) is 8.06. The zero-order chi connectivity index (χ0) is 14.2. The molecule has 2 aliphatic rings. The van der Waals surface area contributed by atoms with Gasteiger partial charge in [0.2, 0.25) is 0 Å². The Balaban J connectivity index is 1.97. The van der Waals surface area contributed by atoms with Crippen molar-refractivity contribution < 1.29 is 4.74 Å². The smallest absolute Gasteiger partial charge is 0.196 e. The van der Waals surface area contributed by atoms with Crippen molar-refractivity contribution in [2.45, 2.75) is 18.4 Å². The lowest BCUT2D eigenvalue weighted by Gasteiger charge is -2.45. The van der Waals surface area contributed by atoms with Crippen molar-refractivity contribution in [1.82, 2.24) is 4.90 Å². The lowest BCUT2D eigenvalue weighted by molar-refractivity contribution is 0.191. The summed E-state index contributed by atoms with van der Waals surface area (Å²) in [6.07, 6.45) is 2.30. The molecule has 1 spiro atoms. The van der Waals surface area contributed by atoms with Crippen LogP contribution in [0.25, 0.3) is 0 Å². The molecule has 2 aliphatic heterocycles. The Labute approximate surface area is 120 Å². The van der Waals surface area contributed by atoms with Crippen molar-refractivity contribution in [3.8, 4) is 5.75 Å². The Morgan fingerprint density at radius 3 is 3.00 bits per heavy atom. The average molecular weight is 274 g/mol. The molecule has 5 heteroatoms. The fourth-order valence-corrected chi connectivity index (χ4v) is 3.42. The third-order valence-corrected chi connectivity index (χ3v) is 4.30. The van der Waals surface area contributed by atoms with Crippen molar-refractivity contribution >= 4 is 11.6 Å². The summed E-state index contributed by atoms with van der Waals surface area (Å²) in [5, 5.41) is 0. The normalized spacial score (nSPS) is 26.9. The molecule has 1 unspecified atom stereocenters. The highest BCUT2D eigenvalue weighted by Crippen LogP contribution is 2.36. The van der Waals surface area contributed by atoms with Gasteiger partial charge in [-0.25, -0.2) is 0 Å². The first-order valence-corrected chi connectivity index (χ1v) is 7.07. The SMILES string of the molecule is COc1cccc(N2C(N)=NCC23CCCN(C)C3)c1. The van der Waals surface area contributed by atoms with Gasteiger partial charge in [-0.05, 0) is 38.6 Å². The number of guanidine groups is 1. The summed E-state index contributed by atoms with van der Waals surface area (Å²) < 4.78 is 5.33. The lowest BCUT2D eigenvalue weighted by atomic mass is 9.88.